The van der Waals surface area contributed by atoms with Crippen LogP contribution in [-0.4, -0.2) is 58.5 Å². The Morgan fingerprint density at radius 2 is 1.54 bits per heavy atom. The molecule has 3 fully saturated rings. The van der Waals surface area contributed by atoms with Crippen molar-refractivity contribution in [2.24, 2.45) is 36.1 Å². The Morgan fingerprint density at radius 1 is 0.857 bits per heavy atom. The quantitative estimate of drug-likeness (QED) is 0.0901. The number of carbonyl (C=O) groups excluding carboxylic acids is 5. The van der Waals surface area contributed by atoms with Crippen molar-refractivity contribution in [3.05, 3.63) is 130 Å². The third-order valence-electron chi connectivity index (χ3n) is 13.7. The van der Waals surface area contributed by atoms with Crippen molar-refractivity contribution in [1.82, 2.24) is 9.78 Å². The number of fused-ring (bicyclic) bond motifs is 5. The topological polar surface area (TPSA) is 148 Å². The van der Waals surface area contributed by atoms with Gasteiger partial charge in [0.05, 0.1) is 48.0 Å². The molecule has 4 heterocycles. The summed E-state index contributed by atoms with van der Waals surface area (Å²) in [5, 5.41) is 17.4. The Labute approximate surface area is 371 Å². The summed E-state index contributed by atoms with van der Waals surface area (Å²) in [7, 11) is 4.53. The SMILES string of the molecule is COc1cc(C2C3=CCC4C(=O)N(c5ccc(C(=O)c6ccccc6)cc5)C(=O)C4C3CC3C(=O)N(c4cc(-c5sc6ccc(Cl)cc6c5C)nn4C)C(=O)C32C)cc(OC)c1O. The number of methoxy groups -OCH3 is 2. The Kier molecular flexibility index (Phi) is 9.50. The van der Waals surface area contributed by atoms with Gasteiger partial charge in [-0.25, -0.2) is 4.90 Å². The first-order chi connectivity index (χ1) is 30.3. The predicted molar refractivity (Wildman–Crippen MR) is 238 cm³/mol. The molecule has 63 heavy (non-hydrogen) atoms. The second-order valence-electron chi connectivity index (χ2n) is 16.9. The second kappa shape index (κ2) is 14.8. The summed E-state index contributed by atoms with van der Waals surface area (Å²) in [6.07, 6.45) is 2.31. The molecule has 6 aromatic rings. The molecule has 14 heteroatoms. The molecule has 1 N–H and O–H groups in total. The van der Waals surface area contributed by atoms with E-state index < -0.39 is 52.7 Å². The number of phenols is 1. The molecule has 2 aromatic heterocycles. The molecule has 4 aliphatic rings. The molecule has 6 unspecified atom stereocenters. The summed E-state index contributed by atoms with van der Waals surface area (Å²) in [6.45, 7) is 3.78. The number of carbonyl (C=O) groups is 5. The van der Waals surface area contributed by atoms with Crippen LogP contribution in [0.25, 0.3) is 20.7 Å². The van der Waals surface area contributed by atoms with E-state index in [-0.39, 0.29) is 41.8 Å². The third kappa shape index (κ3) is 5.92. The van der Waals surface area contributed by atoms with Crippen molar-refractivity contribution < 1.29 is 38.6 Å². The number of hydrogen-bond acceptors (Lipinski definition) is 10. The maximum absolute atomic E-state index is 15.4. The van der Waals surface area contributed by atoms with Crippen LogP contribution in [0.3, 0.4) is 0 Å². The Bertz CT molecular complexity index is 2970. The van der Waals surface area contributed by atoms with E-state index in [4.69, 9.17) is 26.2 Å². The summed E-state index contributed by atoms with van der Waals surface area (Å²) < 4.78 is 13.8. The van der Waals surface area contributed by atoms with Gasteiger partial charge in [0.1, 0.15) is 11.5 Å². The molecule has 2 saturated heterocycles. The smallest absolute Gasteiger partial charge is 0.242 e. The lowest BCUT2D eigenvalue weighted by Crippen LogP contribution is -2.49. The summed E-state index contributed by atoms with van der Waals surface area (Å²) in [5.74, 6) is -5.41. The van der Waals surface area contributed by atoms with Crippen molar-refractivity contribution >= 4 is 73.9 Å². The summed E-state index contributed by atoms with van der Waals surface area (Å²) in [5.41, 5.74) is 2.76. The predicted octanol–water partition coefficient (Wildman–Crippen LogP) is 8.65. The number of benzene rings is 4. The van der Waals surface area contributed by atoms with Crippen molar-refractivity contribution in [3.63, 3.8) is 0 Å². The minimum atomic E-state index is -1.39. The van der Waals surface area contributed by atoms with Gasteiger partial charge in [-0.3, -0.25) is 33.6 Å². The van der Waals surface area contributed by atoms with Crippen LogP contribution in [0.2, 0.25) is 5.02 Å². The number of aryl methyl sites for hydroxylation is 2. The molecule has 318 valence electrons. The molecule has 0 bridgehead atoms. The number of aromatic nitrogens is 2. The lowest BCUT2D eigenvalue weighted by molar-refractivity contribution is -0.131. The van der Waals surface area contributed by atoms with Crippen LogP contribution >= 0.6 is 22.9 Å². The van der Waals surface area contributed by atoms with E-state index in [9.17, 15) is 19.5 Å². The lowest BCUT2D eigenvalue weighted by Gasteiger charge is -2.49. The van der Waals surface area contributed by atoms with Crippen LogP contribution in [0, 0.1) is 36.0 Å². The van der Waals surface area contributed by atoms with Crippen LogP contribution in [0.15, 0.2) is 103 Å². The van der Waals surface area contributed by atoms with Crippen LogP contribution in [0.4, 0.5) is 11.5 Å². The normalized spacial score (nSPS) is 24.1. The molecule has 6 atom stereocenters. The Hall–Kier alpha value is -6.57. The maximum Gasteiger partial charge on any atom is 0.242 e. The minimum Gasteiger partial charge on any atom is -0.502 e. The van der Waals surface area contributed by atoms with Gasteiger partial charge in [0, 0.05) is 39.9 Å². The van der Waals surface area contributed by atoms with Gasteiger partial charge in [-0.15, -0.1) is 11.3 Å². The number of thiophene rings is 1. The standard InChI is InChI=1S/C49H41ClN4O8S/c1-24-32-21-28(50)13-18-38(32)63-44(24)35-23-39(52(3)51-35)54-46(58)34-22-33-30(41(49(34,2)48(54)60)27-19-36(61-4)43(56)37(20-27)62-5)16-17-31-40(33)47(59)53(45(31)57)29-14-11-26(12-15-29)42(55)25-9-7-6-8-10-25/h6-16,18-21,23,31,33-34,40-41,56H,17,22H2,1-5H3. The maximum atomic E-state index is 15.4. The summed E-state index contributed by atoms with van der Waals surface area (Å²) in [6, 6.07) is 26.1. The number of phenolic OH excluding ortho intramolecular Hbond substituents is 1. The number of ketones is 1. The molecule has 4 amide bonds. The molecule has 0 radical (unpaired) electrons. The fourth-order valence-electron chi connectivity index (χ4n) is 10.7. The van der Waals surface area contributed by atoms with E-state index in [2.05, 4.69) is 0 Å². The molecule has 0 spiro atoms. The van der Waals surface area contributed by atoms with Crippen LogP contribution in [0.5, 0.6) is 17.2 Å². The van der Waals surface area contributed by atoms with Gasteiger partial charge in [-0.2, -0.15) is 5.10 Å². The summed E-state index contributed by atoms with van der Waals surface area (Å²) >= 11 is 7.89. The molecule has 10 rings (SSSR count). The number of allylic oxidation sites excluding steroid dienone is 2. The van der Waals surface area contributed by atoms with Crippen LogP contribution in [-0.2, 0) is 26.2 Å². The molecule has 1 saturated carbocycles. The van der Waals surface area contributed by atoms with Crippen molar-refractivity contribution in [2.75, 3.05) is 24.0 Å². The van der Waals surface area contributed by atoms with E-state index in [0.717, 1.165) is 26.1 Å². The van der Waals surface area contributed by atoms with Gasteiger partial charge in [0.2, 0.25) is 29.4 Å². The zero-order valence-corrected chi connectivity index (χ0v) is 36.5. The van der Waals surface area contributed by atoms with E-state index in [1.54, 1.807) is 96.7 Å². The molecule has 4 aromatic carbocycles. The third-order valence-corrected chi connectivity index (χ3v) is 15.3. The average Bonchev–Trinajstić information content (AvgIpc) is 3.96. The molecule has 2 aliphatic carbocycles. The van der Waals surface area contributed by atoms with Gasteiger partial charge in [0.15, 0.2) is 17.3 Å². The number of anilines is 2. The Balaban J connectivity index is 1.05. The second-order valence-corrected chi connectivity index (χ2v) is 18.4. The number of amides is 4. The number of aromatic hydroxyl groups is 1. The highest BCUT2D eigenvalue weighted by Crippen LogP contribution is 2.64. The monoisotopic (exact) mass is 880 g/mol. The fourth-order valence-corrected chi connectivity index (χ4v) is 12.0. The highest BCUT2D eigenvalue weighted by Gasteiger charge is 2.68. The molecule has 12 nitrogen and oxygen atoms in total. The summed E-state index contributed by atoms with van der Waals surface area (Å²) in [4.78, 5) is 76.1. The highest BCUT2D eigenvalue weighted by atomic mass is 35.5. The van der Waals surface area contributed by atoms with Gasteiger partial charge in [-0.1, -0.05) is 53.6 Å². The zero-order valence-electron chi connectivity index (χ0n) is 34.9. The van der Waals surface area contributed by atoms with E-state index in [0.29, 0.717) is 38.9 Å². The van der Waals surface area contributed by atoms with Crippen LogP contribution in [0.1, 0.15) is 52.7 Å². The molecular weight excluding hydrogens is 840 g/mol. The van der Waals surface area contributed by atoms with Crippen molar-refractivity contribution in [2.45, 2.75) is 32.6 Å². The first-order valence-corrected chi connectivity index (χ1v) is 21.8. The number of imide groups is 2. The number of nitrogens with zero attached hydrogens (tertiary/aromatic N) is 4. The van der Waals surface area contributed by atoms with E-state index >= 15 is 9.59 Å². The van der Waals surface area contributed by atoms with Gasteiger partial charge in [0.25, 0.3) is 0 Å². The van der Waals surface area contributed by atoms with E-state index in [1.807, 2.05) is 37.3 Å². The zero-order chi connectivity index (χ0) is 44.2. The van der Waals surface area contributed by atoms with Gasteiger partial charge < -0.3 is 14.6 Å². The number of rotatable bonds is 8. The van der Waals surface area contributed by atoms with Gasteiger partial charge >= 0.3 is 0 Å². The van der Waals surface area contributed by atoms with Gasteiger partial charge in [-0.05, 0) is 104 Å². The first kappa shape index (κ1) is 40.5. The largest absolute Gasteiger partial charge is 0.502 e. The average molecular weight is 881 g/mol. The van der Waals surface area contributed by atoms with E-state index in [1.165, 1.54) is 24.0 Å². The molecule has 2 aliphatic heterocycles. The number of ether oxygens (including phenoxy) is 2. The van der Waals surface area contributed by atoms with Crippen molar-refractivity contribution in [3.8, 4) is 27.8 Å². The minimum absolute atomic E-state index is 0.110. The lowest BCUT2D eigenvalue weighted by atomic mass is 9.51. The van der Waals surface area contributed by atoms with Crippen LogP contribution < -0.4 is 19.3 Å². The van der Waals surface area contributed by atoms with Crippen molar-refractivity contribution in [1.29, 1.82) is 0 Å². The Morgan fingerprint density at radius 3 is 2.22 bits per heavy atom. The first-order valence-electron chi connectivity index (χ1n) is 20.6. The fraction of sp³-hybridized carbons (Fsp3) is 0.265. The molecular formula is C49H41ClN4O8S. The number of hydrogen-bond donors (Lipinski definition) is 1. The highest BCUT2D eigenvalue weighted by molar-refractivity contribution is 7.22. The number of halogens is 1.